The molecule has 0 unspecified atom stereocenters. The Balaban J connectivity index is 1.02. The number of nitrogens with zero attached hydrogens (tertiary/aromatic N) is 2. The Morgan fingerprint density at radius 3 is 1.77 bits per heavy atom. The van der Waals surface area contributed by atoms with E-state index < -0.39 is 0 Å². The molecule has 0 saturated heterocycles. The number of thiophene rings is 1. The Bertz CT molecular complexity index is 3370. The number of fused-ring (bicyclic) bond motifs is 11. The zero-order valence-electron chi connectivity index (χ0n) is 31.1. The molecule has 1 aliphatic carbocycles. The minimum absolute atomic E-state index is 0.174. The van der Waals surface area contributed by atoms with Crippen molar-refractivity contribution < 1.29 is 0 Å². The molecule has 0 fully saturated rings. The lowest BCUT2D eigenvalue weighted by atomic mass is 9.85. The lowest BCUT2D eigenvalue weighted by molar-refractivity contribution is 0.624. The average Bonchev–Trinajstić information content (AvgIpc) is 3.96. The zero-order chi connectivity index (χ0) is 37.1. The van der Waals surface area contributed by atoms with Crippen LogP contribution < -0.4 is 0 Å². The van der Waals surface area contributed by atoms with Crippen LogP contribution in [0.1, 0.15) is 25.1 Å². The third-order valence-electron chi connectivity index (χ3n) is 12.3. The van der Waals surface area contributed by atoms with E-state index in [0.29, 0.717) is 0 Å². The van der Waals surface area contributed by atoms with Gasteiger partial charge in [-0.3, -0.25) is 0 Å². The van der Waals surface area contributed by atoms with E-state index in [1.807, 2.05) is 11.3 Å². The highest BCUT2D eigenvalue weighted by molar-refractivity contribution is 7.25. The first-order valence-electron chi connectivity index (χ1n) is 19.4. The van der Waals surface area contributed by atoms with Crippen molar-refractivity contribution in [3.05, 3.63) is 193 Å². The molecule has 264 valence electrons. The van der Waals surface area contributed by atoms with Crippen molar-refractivity contribution in [3.63, 3.8) is 0 Å². The molecule has 11 aromatic rings. The summed E-state index contributed by atoms with van der Waals surface area (Å²) in [4.78, 5) is 0. The molecule has 8 aromatic carbocycles. The fourth-order valence-electron chi connectivity index (χ4n) is 9.69. The normalized spacial score (nSPS) is 13.3. The first-order valence-corrected chi connectivity index (χ1v) is 20.2. The molecule has 0 amide bonds. The highest BCUT2D eigenvalue weighted by Crippen LogP contribution is 2.54. The summed E-state index contributed by atoms with van der Waals surface area (Å²) >= 11 is 1.87. The van der Waals surface area contributed by atoms with E-state index in [9.17, 15) is 0 Å². The summed E-state index contributed by atoms with van der Waals surface area (Å²) in [5.41, 5.74) is 16.2. The first kappa shape index (κ1) is 31.6. The maximum atomic E-state index is 2.53. The second-order valence-corrected chi connectivity index (χ2v) is 16.8. The van der Waals surface area contributed by atoms with Crippen LogP contribution in [0.3, 0.4) is 0 Å². The molecule has 56 heavy (non-hydrogen) atoms. The second kappa shape index (κ2) is 11.7. The molecule has 3 aromatic heterocycles. The number of aromatic nitrogens is 2. The summed E-state index contributed by atoms with van der Waals surface area (Å²) < 4.78 is 7.59. The van der Waals surface area contributed by atoms with E-state index in [2.05, 4.69) is 205 Å². The van der Waals surface area contributed by atoms with Gasteiger partial charge in [-0.15, -0.1) is 11.3 Å². The van der Waals surface area contributed by atoms with E-state index >= 15 is 0 Å². The summed E-state index contributed by atoms with van der Waals surface area (Å²) in [6.07, 6.45) is 0. The molecule has 1 aliphatic rings. The Morgan fingerprint density at radius 1 is 0.393 bits per heavy atom. The summed E-state index contributed by atoms with van der Waals surface area (Å²) in [5, 5.41) is 6.49. The SMILES string of the molecule is CC1(C)c2ccccc2-c2c1n(-c1ccc(-c3ccc4sc5ccccc5c4c3)cc1)c1ccc(-c3ccc4c(c3)c3ccccc3n4-c3ccccc3)cc21. The summed E-state index contributed by atoms with van der Waals surface area (Å²) in [6, 6.07) is 67.5. The van der Waals surface area contributed by atoms with E-state index in [1.54, 1.807) is 0 Å². The molecule has 0 saturated carbocycles. The van der Waals surface area contributed by atoms with Crippen molar-refractivity contribution in [2.75, 3.05) is 0 Å². The number of rotatable bonds is 4. The van der Waals surface area contributed by atoms with Crippen molar-refractivity contribution in [1.29, 1.82) is 0 Å². The van der Waals surface area contributed by atoms with Gasteiger partial charge in [-0.05, 0) is 106 Å². The van der Waals surface area contributed by atoms with Crippen LogP contribution in [0.25, 0.3) is 97.6 Å². The Labute approximate surface area is 329 Å². The van der Waals surface area contributed by atoms with Crippen LogP contribution in [0.4, 0.5) is 0 Å². The number of hydrogen-bond donors (Lipinski definition) is 0. The highest BCUT2D eigenvalue weighted by atomic mass is 32.1. The van der Waals surface area contributed by atoms with Crippen LogP contribution in [0, 0.1) is 0 Å². The van der Waals surface area contributed by atoms with Gasteiger partial charge < -0.3 is 9.13 Å². The highest BCUT2D eigenvalue weighted by Gasteiger charge is 2.40. The lowest BCUT2D eigenvalue weighted by Gasteiger charge is -2.24. The van der Waals surface area contributed by atoms with E-state index in [1.165, 1.54) is 109 Å². The Morgan fingerprint density at radius 2 is 0.946 bits per heavy atom. The van der Waals surface area contributed by atoms with Gasteiger partial charge in [-0.2, -0.15) is 0 Å². The van der Waals surface area contributed by atoms with Gasteiger partial charge in [0.25, 0.3) is 0 Å². The molecule has 0 radical (unpaired) electrons. The molecular formula is C53H36N2S. The van der Waals surface area contributed by atoms with E-state index in [4.69, 9.17) is 0 Å². The number of para-hydroxylation sites is 2. The van der Waals surface area contributed by atoms with Crippen LogP contribution in [0.15, 0.2) is 182 Å². The van der Waals surface area contributed by atoms with Gasteiger partial charge in [0.05, 0.1) is 16.6 Å². The number of hydrogen-bond acceptors (Lipinski definition) is 1. The van der Waals surface area contributed by atoms with Gasteiger partial charge in [0, 0.05) is 64.4 Å². The molecule has 3 heterocycles. The van der Waals surface area contributed by atoms with Gasteiger partial charge in [0.15, 0.2) is 0 Å². The smallest absolute Gasteiger partial charge is 0.0541 e. The van der Waals surface area contributed by atoms with Gasteiger partial charge in [-0.25, -0.2) is 0 Å². The molecule has 0 bridgehead atoms. The van der Waals surface area contributed by atoms with Crippen LogP contribution in [0.5, 0.6) is 0 Å². The quantitative estimate of drug-likeness (QED) is 0.170. The van der Waals surface area contributed by atoms with Gasteiger partial charge in [-0.1, -0.05) is 123 Å². The van der Waals surface area contributed by atoms with Crippen molar-refractivity contribution in [2.24, 2.45) is 0 Å². The van der Waals surface area contributed by atoms with Gasteiger partial charge >= 0.3 is 0 Å². The third kappa shape index (κ3) is 4.43. The van der Waals surface area contributed by atoms with Crippen LogP contribution in [-0.2, 0) is 5.41 Å². The molecule has 12 rings (SSSR count). The summed E-state index contributed by atoms with van der Waals surface area (Å²) in [7, 11) is 0. The van der Waals surface area contributed by atoms with Crippen LogP contribution in [-0.4, -0.2) is 9.13 Å². The average molecular weight is 733 g/mol. The second-order valence-electron chi connectivity index (χ2n) is 15.7. The predicted molar refractivity (Wildman–Crippen MR) is 239 cm³/mol. The first-order chi connectivity index (χ1) is 27.5. The topological polar surface area (TPSA) is 9.86 Å². The largest absolute Gasteiger partial charge is 0.312 e. The summed E-state index contributed by atoms with van der Waals surface area (Å²) in [5.74, 6) is 0. The lowest BCUT2D eigenvalue weighted by Crippen LogP contribution is -2.19. The van der Waals surface area contributed by atoms with Crippen molar-refractivity contribution in [1.82, 2.24) is 9.13 Å². The predicted octanol–water partition coefficient (Wildman–Crippen LogP) is 14.7. The molecule has 0 spiro atoms. The maximum absolute atomic E-state index is 2.53. The third-order valence-corrected chi connectivity index (χ3v) is 13.4. The Hall–Kier alpha value is -6.68. The van der Waals surface area contributed by atoms with Gasteiger partial charge in [0.1, 0.15) is 0 Å². The molecule has 0 aliphatic heterocycles. The molecule has 0 N–H and O–H groups in total. The van der Waals surface area contributed by atoms with Gasteiger partial charge in [0.2, 0.25) is 0 Å². The Kier molecular flexibility index (Phi) is 6.59. The fourth-order valence-corrected chi connectivity index (χ4v) is 10.8. The molecule has 0 atom stereocenters. The van der Waals surface area contributed by atoms with Crippen LogP contribution in [0.2, 0.25) is 0 Å². The molecular weight excluding hydrogens is 697 g/mol. The monoisotopic (exact) mass is 732 g/mol. The van der Waals surface area contributed by atoms with Crippen molar-refractivity contribution in [2.45, 2.75) is 19.3 Å². The van der Waals surface area contributed by atoms with Crippen LogP contribution >= 0.6 is 11.3 Å². The standard InChI is InChI=1S/C53H36N2S/c1-53(2)45-17-9-6-16-41(45)51-44-32-36(35-22-27-47-42(30-35)39-14-7-10-18-46(39)54(47)37-12-4-3-5-13-37)23-28-48(44)55(52(51)53)38-25-20-33(21-26-38)34-24-29-50-43(31-34)40-15-8-11-19-49(40)56-50/h3-32H,1-2H3. The maximum Gasteiger partial charge on any atom is 0.0541 e. The van der Waals surface area contributed by atoms with Crippen molar-refractivity contribution >= 4 is 64.2 Å². The molecule has 3 heteroatoms. The fraction of sp³-hybridized carbons (Fsp3) is 0.0566. The zero-order valence-corrected chi connectivity index (χ0v) is 31.9. The number of benzene rings is 8. The summed E-state index contributed by atoms with van der Waals surface area (Å²) in [6.45, 7) is 4.78. The van der Waals surface area contributed by atoms with Crippen molar-refractivity contribution in [3.8, 4) is 44.8 Å². The van der Waals surface area contributed by atoms with E-state index in [0.717, 1.165) is 0 Å². The minimum Gasteiger partial charge on any atom is -0.312 e. The van der Waals surface area contributed by atoms with E-state index in [-0.39, 0.29) is 5.41 Å². The minimum atomic E-state index is -0.174. The molecule has 2 nitrogen and oxygen atoms in total.